The van der Waals surface area contributed by atoms with E-state index in [2.05, 4.69) is 55.5 Å². The molecule has 1 spiro atoms. The van der Waals surface area contributed by atoms with Gasteiger partial charge in [0.1, 0.15) is 0 Å². The Bertz CT molecular complexity index is 832. The quantitative estimate of drug-likeness (QED) is 0.494. The van der Waals surface area contributed by atoms with Gasteiger partial charge in [0.15, 0.2) is 0 Å². The summed E-state index contributed by atoms with van der Waals surface area (Å²) in [4.78, 5) is 0. The number of hydrogen-bond acceptors (Lipinski definition) is 0. The van der Waals surface area contributed by atoms with E-state index in [4.69, 9.17) is 11.6 Å². The van der Waals surface area contributed by atoms with Gasteiger partial charge in [0.2, 0.25) is 0 Å². The van der Waals surface area contributed by atoms with E-state index in [0.717, 1.165) is 10.9 Å². The van der Waals surface area contributed by atoms with Gasteiger partial charge in [-0.1, -0.05) is 60.5 Å². The SMILES string of the molecule is CC1C=C2CC(CCC23c2ccccc2-c2cc(Cl)ccc23)C1. The molecule has 3 aliphatic carbocycles. The van der Waals surface area contributed by atoms with Gasteiger partial charge in [-0.3, -0.25) is 0 Å². The Hall–Kier alpha value is -1.53. The van der Waals surface area contributed by atoms with Crippen LogP contribution < -0.4 is 0 Å². The van der Waals surface area contributed by atoms with E-state index in [0.29, 0.717) is 5.92 Å². The Labute approximate surface area is 143 Å². The average Bonchev–Trinajstić information content (AvgIpc) is 2.82. The Kier molecular flexibility index (Phi) is 2.86. The van der Waals surface area contributed by atoms with Crippen LogP contribution in [0.3, 0.4) is 0 Å². The van der Waals surface area contributed by atoms with Crippen LogP contribution in [0.5, 0.6) is 0 Å². The molecule has 0 N–H and O–H groups in total. The summed E-state index contributed by atoms with van der Waals surface area (Å²) in [5, 5.41) is 0.843. The second-order valence-corrected chi connectivity index (χ2v) is 8.09. The first-order valence-electron chi connectivity index (χ1n) is 8.79. The number of halogens is 1. The first-order chi connectivity index (χ1) is 11.2. The lowest BCUT2D eigenvalue weighted by molar-refractivity contribution is 0.284. The minimum Gasteiger partial charge on any atom is -0.0843 e. The largest absolute Gasteiger partial charge is 0.0843 e. The Morgan fingerprint density at radius 3 is 2.78 bits per heavy atom. The van der Waals surface area contributed by atoms with Gasteiger partial charge in [-0.25, -0.2) is 0 Å². The third kappa shape index (κ3) is 1.79. The van der Waals surface area contributed by atoms with Crippen molar-refractivity contribution in [1.29, 1.82) is 0 Å². The molecule has 0 radical (unpaired) electrons. The molecule has 0 nitrogen and oxygen atoms in total. The molecule has 23 heavy (non-hydrogen) atoms. The van der Waals surface area contributed by atoms with Crippen molar-refractivity contribution in [3.63, 3.8) is 0 Å². The van der Waals surface area contributed by atoms with Gasteiger partial charge in [0, 0.05) is 10.4 Å². The van der Waals surface area contributed by atoms with E-state index in [1.54, 1.807) is 5.57 Å². The van der Waals surface area contributed by atoms with Crippen LogP contribution in [0, 0.1) is 11.8 Å². The minimum absolute atomic E-state index is 0.113. The van der Waals surface area contributed by atoms with Crippen molar-refractivity contribution in [2.24, 2.45) is 11.8 Å². The lowest BCUT2D eigenvalue weighted by Crippen LogP contribution is -2.36. The molecule has 0 saturated heterocycles. The molecule has 0 heterocycles. The highest BCUT2D eigenvalue weighted by Crippen LogP contribution is 2.60. The Morgan fingerprint density at radius 1 is 1.04 bits per heavy atom. The molecule has 1 saturated carbocycles. The van der Waals surface area contributed by atoms with Gasteiger partial charge in [0.25, 0.3) is 0 Å². The first kappa shape index (κ1) is 13.9. The normalized spacial score (nSPS) is 30.8. The fraction of sp³-hybridized carbons (Fsp3) is 0.364. The van der Waals surface area contributed by atoms with Gasteiger partial charge < -0.3 is 0 Å². The molecule has 0 aliphatic heterocycles. The van der Waals surface area contributed by atoms with Gasteiger partial charge in [-0.2, -0.15) is 0 Å². The minimum atomic E-state index is 0.113. The van der Waals surface area contributed by atoms with Crippen LogP contribution in [0.4, 0.5) is 0 Å². The highest BCUT2D eigenvalue weighted by molar-refractivity contribution is 6.31. The maximum Gasteiger partial charge on any atom is 0.0423 e. The van der Waals surface area contributed by atoms with Crippen LogP contribution >= 0.6 is 11.6 Å². The Morgan fingerprint density at radius 2 is 1.87 bits per heavy atom. The molecule has 1 fully saturated rings. The van der Waals surface area contributed by atoms with Gasteiger partial charge in [-0.15, -0.1) is 0 Å². The fourth-order valence-corrected chi connectivity index (χ4v) is 5.65. The summed E-state index contributed by atoms with van der Waals surface area (Å²) >= 11 is 6.33. The Balaban J connectivity index is 1.84. The average molecular weight is 321 g/mol. The van der Waals surface area contributed by atoms with Crippen LogP contribution in [0.25, 0.3) is 11.1 Å². The molecule has 3 atom stereocenters. The van der Waals surface area contributed by atoms with Gasteiger partial charge in [0.05, 0.1) is 0 Å². The lowest BCUT2D eigenvalue weighted by Gasteiger charge is -2.45. The molecular formula is C22H21Cl. The predicted octanol–water partition coefficient (Wildman–Crippen LogP) is 6.37. The molecule has 0 aromatic heterocycles. The zero-order valence-electron chi connectivity index (χ0n) is 13.5. The van der Waals surface area contributed by atoms with E-state index in [1.807, 2.05) is 0 Å². The highest BCUT2D eigenvalue weighted by atomic mass is 35.5. The molecule has 1 heteroatoms. The maximum atomic E-state index is 6.33. The summed E-state index contributed by atoms with van der Waals surface area (Å²) in [5.74, 6) is 1.60. The van der Waals surface area contributed by atoms with E-state index >= 15 is 0 Å². The van der Waals surface area contributed by atoms with Crippen molar-refractivity contribution in [3.05, 3.63) is 70.3 Å². The van der Waals surface area contributed by atoms with Gasteiger partial charge in [-0.05, 0) is 71.9 Å². The van der Waals surface area contributed by atoms with Crippen LogP contribution in [0.2, 0.25) is 5.02 Å². The molecule has 0 amide bonds. The van der Waals surface area contributed by atoms with Crippen molar-refractivity contribution in [1.82, 2.24) is 0 Å². The van der Waals surface area contributed by atoms with Crippen molar-refractivity contribution >= 4 is 11.6 Å². The van der Waals surface area contributed by atoms with Crippen molar-refractivity contribution < 1.29 is 0 Å². The molecule has 3 unspecified atom stereocenters. The summed E-state index contributed by atoms with van der Waals surface area (Å²) in [6, 6.07) is 15.5. The number of allylic oxidation sites excluding steroid dienone is 2. The topological polar surface area (TPSA) is 0 Å². The molecule has 2 aromatic carbocycles. The molecular weight excluding hydrogens is 300 g/mol. The first-order valence-corrected chi connectivity index (χ1v) is 9.17. The smallest absolute Gasteiger partial charge is 0.0423 e. The number of rotatable bonds is 0. The molecule has 5 rings (SSSR count). The summed E-state index contributed by atoms with van der Waals surface area (Å²) in [5.41, 5.74) is 7.52. The van der Waals surface area contributed by atoms with Gasteiger partial charge >= 0.3 is 0 Å². The maximum absolute atomic E-state index is 6.33. The van der Waals surface area contributed by atoms with Crippen LogP contribution in [0.1, 0.15) is 43.7 Å². The van der Waals surface area contributed by atoms with Crippen LogP contribution in [0.15, 0.2) is 54.1 Å². The second-order valence-electron chi connectivity index (χ2n) is 7.65. The van der Waals surface area contributed by atoms with Crippen LogP contribution in [-0.4, -0.2) is 0 Å². The summed E-state index contributed by atoms with van der Waals surface area (Å²) in [6.07, 6.45) is 7.82. The number of hydrogen-bond donors (Lipinski definition) is 0. The third-order valence-electron chi connectivity index (χ3n) is 6.29. The summed E-state index contributed by atoms with van der Waals surface area (Å²) in [6.45, 7) is 2.38. The molecule has 116 valence electrons. The van der Waals surface area contributed by atoms with E-state index in [1.165, 1.54) is 47.9 Å². The third-order valence-corrected chi connectivity index (χ3v) is 6.53. The van der Waals surface area contributed by atoms with E-state index in [9.17, 15) is 0 Å². The van der Waals surface area contributed by atoms with E-state index < -0.39 is 0 Å². The second kappa shape index (κ2) is 4.74. The number of benzene rings is 2. The van der Waals surface area contributed by atoms with Crippen LogP contribution in [-0.2, 0) is 5.41 Å². The summed E-state index contributed by atoms with van der Waals surface area (Å²) < 4.78 is 0. The molecule has 3 aliphatic rings. The van der Waals surface area contributed by atoms with Crippen molar-refractivity contribution in [2.45, 2.75) is 38.0 Å². The zero-order valence-corrected chi connectivity index (χ0v) is 14.2. The monoisotopic (exact) mass is 320 g/mol. The molecule has 2 aromatic rings. The summed E-state index contributed by atoms with van der Waals surface area (Å²) in [7, 11) is 0. The highest BCUT2D eigenvalue weighted by Gasteiger charge is 2.49. The van der Waals surface area contributed by atoms with Crippen molar-refractivity contribution in [3.8, 4) is 11.1 Å². The van der Waals surface area contributed by atoms with E-state index in [-0.39, 0.29) is 5.41 Å². The predicted molar refractivity (Wildman–Crippen MR) is 96.9 cm³/mol. The standard InChI is InChI=1S/C22H21Cl/c1-14-10-15-8-9-22(16(11-14)12-15)20-5-3-2-4-18(20)19-13-17(23)6-7-21(19)22/h2-7,11,13-15H,8-10,12H2,1H3. The van der Waals surface area contributed by atoms with Crippen molar-refractivity contribution in [2.75, 3.05) is 0 Å². The fourth-order valence-electron chi connectivity index (χ4n) is 5.48. The lowest BCUT2D eigenvalue weighted by atomic mass is 9.58. The molecule has 2 bridgehead atoms. The zero-order chi connectivity index (χ0) is 15.6. The number of fused-ring (bicyclic) bond motifs is 8.